The third kappa shape index (κ3) is 3.88. The number of hydrogen-bond acceptors (Lipinski definition) is 4. The van der Waals surface area contributed by atoms with Gasteiger partial charge >= 0.3 is 0 Å². The van der Waals surface area contributed by atoms with Gasteiger partial charge in [-0.3, -0.25) is 9.59 Å². The number of nitrogens with zero attached hydrogens (tertiary/aromatic N) is 1. The summed E-state index contributed by atoms with van der Waals surface area (Å²) in [7, 11) is 0. The molecule has 1 fully saturated rings. The van der Waals surface area contributed by atoms with E-state index in [2.05, 4.69) is 5.32 Å². The lowest BCUT2D eigenvalue weighted by atomic mass is 10.0. The number of hydrogen-bond donors (Lipinski definition) is 1. The van der Waals surface area contributed by atoms with Crippen LogP contribution in [0.1, 0.15) is 33.6 Å². The fourth-order valence-corrected chi connectivity index (χ4v) is 3.64. The standard InChI is InChI=1S/C20H18Cl2N2O4/c21-15-3-1-12(9-16(15)22)19(25)23-14-5-7-24(8-6-14)20(26)13-2-4-17-18(10-13)28-11-27-17/h1-4,9-10,14H,5-8,11H2,(H,23,25). The highest BCUT2D eigenvalue weighted by Crippen LogP contribution is 2.33. The van der Waals surface area contributed by atoms with Crippen molar-refractivity contribution in [1.82, 2.24) is 10.2 Å². The van der Waals surface area contributed by atoms with Crippen LogP contribution in [0.5, 0.6) is 11.5 Å². The van der Waals surface area contributed by atoms with Gasteiger partial charge in [-0.25, -0.2) is 0 Å². The molecule has 2 aliphatic heterocycles. The maximum atomic E-state index is 12.7. The first-order chi connectivity index (χ1) is 13.5. The van der Waals surface area contributed by atoms with E-state index in [9.17, 15) is 9.59 Å². The van der Waals surface area contributed by atoms with Crippen molar-refractivity contribution in [3.63, 3.8) is 0 Å². The van der Waals surface area contributed by atoms with Crippen molar-refractivity contribution in [2.75, 3.05) is 19.9 Å². The van der Waals surface area contributed by atoms with Crippen LogP contribution in [0.4, 0.5) is 0 Å². The molecule has 2 aromatic rings. The SMILES string of the molecule is O=C(NC1CCN(C(=O)c2ccc3c(c2)OCO3)CC1)c1ccc(Cl)c(Cl)c1. The molecule has 1 saturated heterocycles. The number of amides is 2. The van der Waals surface area contributed by atoms with Crippen molar-refractivity contribution < 1.29 is 19.1 Å². The van der Waals surface area contributed by atoms with Crippen molar-refractivity contribution in [1.29, 1.82) is 0 Å². The Hall–Kier alpha value is -2.44. The summed E-state index contributed by atoms with van der Waals surface area (Å²) in [5.74, 6) is 1.00. The third-order valence-electron chi connectivity index (χ3n) is 4.92. The highest BCUT2D eigenvalue weighted by atomic mass is 35.5. The largest absolute Gasteiger partial charge is 0.454 e. The van der Waals surface area contributed by atoms with Crippen LogP contribution in [-0.4, -0.2) is 42.6 Å². The van der Waals surface area contributed by atoms with Crippen LogP contribution < -0.4 is 14.8 Å². The number of halogens is 2. The average molecular weight is 421 g/mol. The Morgan fingerprint density at radius 2 is 1.64 bits per heavy atom. The van der Waals surface area contributed by atoms with E-state index in [-0.39, 0.29) is 24.6 Å². The van der Waals surface area contributed by atoms with Gasteiger partial charge in [0, 0.05) is 30.3 Å². The molecule has 0 aliphatic carbocycles. The molecule has 2 aromatic carbocycles. The van der Waals surface area contributed by atoms with Gasteiger partial charge in [-0.2, -0.15) is 0 Å². The number of likely N-dealkylation sites (tertiary alicyclic amines) is 1. The molecule has 2 heterocycles. The van der Waals surface area contributed by atoms with Crippen molar-refractivity contribution in [3.8, 4) is 11.5 Å². The minimum Gasteiger partial charge on any atom is -0.454 e. The van der Waals surface area contributed by atoms with Gasteiger partial charge in [0.2, 0.25) is 6.79 Å². The average Bonchev–Trinajstić information content (AvgIpc) is 3.18. The van der Waals surface area contributed by atoms with Crippen LogP contribution in [0.15, 0.2) is 36.4 Å². The molecule has 0 unspecified atom stereocenters. The van der Waals surface area contributed by atoms with Crippen LogP contribution in [-0.2, 0) is 0 Å². The summed E-state index contributed by atoms with van der Waals surface area (Å²) in [5, 5.41) is 3.76. The lowest BCUT2D eigenvalue weighted by Gasteiger charge is -2.32. The number of piperidine rings is 1. The molecular weight excluding hydrogens is 403 g/mol. The van der Waals surface area contributed by atoms with E-state index in [0.717, 1.165) is 0 Å². The number of benzene rings is 2. The smallest absolute Gasteiger partial charge is 0.253 e. The van der Waals surface area contributed by atoms with Gasteiger partial charge in [0.1, 0.15) is 0 Å². The van der Waals surface area contributed by atoms with E-state index in [1.165, 1.54) is 0 Å². The Labute approximate surface area is 172 Å². The van der Waals surface area contributed by atoms with Crippen LogP contribution in [0.3, 0.4) is 0 Å². The number of nitrogens with one attached hydrogen (secondary N) is 1. The lowest BCUT2D eigenvalue weighted by Crippen LogP contribution is -2.46. The zero-order valence-electron chi connectivity index (χ0n) is 14.9. The van der Waals surface area contributed by atoms with Gasteiger partial charge < -0.3 is 19.7 Å². The summed E-state index contributed by atoms with van der Waals surface area (Å²) >= 11 is 11.9. The number of rotatable bonds is 3. The highest BCUT2D eigenvalue weighted by molar-refractivity contribution is 6.42. The zero-order valence-corrected chi connectivity index (χ0v) is 16.4. The van der Waals surface area contributed by atoms with Gasteiger partial charge in [0.25, 0.3) is 11.8 Å². The summed E-state index contributed by atoms with van der Waals surface area (Å²) in [6, 6.07) is 10.0. The quantitative estimate of drug-likeness (QED) is 0.820. The van der Waals surface area contributed by atoms with Gasteiger partial charge in [-0.15, -0.1) is 0 Å². The Morgan fingerprint density at radius 3 is 2.39 bits per heavy atom. The molecule has 0 bridgehead atoms. The summed E-state index contributed by atoms with van der Waals surface area (Å²) in [5.41, 5.74) is 1.04. The molecular formula is C20H18Cl2N2O4. The van der Waals surface area contributed by atoms with Gasteiger partial charge in [-0.1, -0.05) is 23.2 Å². The molecule has 146 valence electrons. The van der Waals surface area contributed by atoms with E-state index in [4.69, 9.17) is 32.7 Å². The normalized spacial score (nSPS) is 16.1. The van der Waals surface area contributed by atoms with Gasteiger partial charge in [0.05, 0.1) is 10.0 Å². The lowest BCUT2D eigenvalue weighted by molar-refractivity contribution is 0.0697. The first kappa shape index (κ1) is 18.9. The minimum atomic E-state index is -0.195. The Morgan fingerprint density at radius 1 is 0.929 bits per heavy atom. The van der Waals surface area contributed by atoms with E-state index >= 15 is 0 Å². The fraction of sp³-hybridized carbons (Fsp3) is 0.300. The summed E-state index contributed by atoms with van der Waals surface area (Å²) in [6.45, 7) is 1.32. The number of carbonyl (C=O) groups excluding carboxylic acids is 2. The predicted octanol–water partition coefficient (Wildman–Crippen LogP) is 3.76. The molecule has 4 rings (SSSR count). The molecule has 0 radical (unpaired) electrons. The number of fused-ring (bicyclic) bond motifs is 1. The Bertz CT molecular complexity index is 926. The fourth-order valence-electron chi connectivity index (χ4n) is 3.35. The van der Waals surface area contributed by atoms with Crippen molar-refractivity contribution in [2.24, 2.45) is 0 Å². The molecule has 8 heteroatoms. The second-order valence-electron chi connectivity index (χ2n) is 6.74. The maximum Gasteiger partial charge on any atom is 0.253 e. The Balaban J connectivity index is 1.33. The molecule has 0 spiro atoms. The topological polar surface area (TPSA) is 67.9 Å². The maximum absolute atomic E-state index is 12.7. The molecule has 0 aromatic heterocycles. The highest BCUT2D eigenvalue weighted by Gasteiger charge is 2.26. The van der Waals surface area contributed by atoms with Crippen LogP contribution >= 0.6 is 23.2 Å². The summed E-state index contributed by atoms with van der Waals surface area (Å²) < 4.78 is 10.6. The second kappa shape index (κ2) is 7.89. The molecule has 6 nitrogen and oxygen atoms in total. The van der Waals surface area contributed by atoms with E-state index in [0.29, 0.717) is 58.6 Å². The van der Waals surface area contributed by atoms with Crippen molar-refractivity contribution in [3.05, 3.63) is 57.6 Å². The zero-order chi connectivity index (χ0) is 19.7. The molecule has 28 heavy (non-hydrogen) atoms. The first-order valence-corrected chi connectivity index (χ1v) is 9.72. The van der Waals surface area contributed by atoms with E-state index in [1.54, 1.807) is 41.3 Å². The second-order valence-corrected chi connectivity index (χ2v) is 7.55. The molecule has 2 amide bonds. The van der Waals surface area contributed by atoms with Gasteiger partial charge in [0.15, 0.2) is 11.5 Å². The van der Waals surface area contributed by atoms with Crippen LogP contribution in [0, 0.1) is 0 Å². The molecule has 0 saturated carbocycles. The molecule has 0 atom stereocenters. The number of carbonyl (C=O) groups is 2. The van der Waals surface area contributed by atoms with E-state index in [1.807, 2.05) is 0 Å². The van der Waals surface area contributed by atoms with E-state index < -0.39 is 0 Å². The number of ether oxygens (including phenoxy) is 2. The van der Waals surface area contributed by atoms with Gasteiger partial charge in [-0.05, 0) is 49.2 Å². The molecule has 2 aliphatic rings. The van der Waals surface area contributed by atoms with Crippen LogP contribution in [0.25, 0.3) is 0 Å². The van der Waals surface area contributed by atoms with Crippen LogP contribution in [0.2, 0.25) is 10.0 Å². The van der Waals surface area contributed by atoms with Crippen molar-refractivity contribution >= 4 is 35.0 Å². The van der Waals surface area contributed by atoms with Crippen molar-refractivity contribution in [2.45, 2.75) is 18.9 Å². The Kier molecular flexibility index (Phi) is 5.33. The third-order valence-corrected chi connectivity index (χ3v) is 5.66. The monoisotopic (exact) mass is 420 g/mol. The summed E-state index contributed by atoms with van der Waals surface area (Å²) in [6.07, 6.45) is 1.37. The first-order valence-electron chi connectivity index (χ1n) is 8.96. The predicted molar refractivity (Wildman–Crippen MR) is 105 cm³/mol. The molecule has 1 N–H and O–H groups in total. The minimum absolute atomic E-state index is 0.00255. The summed E-state index contributed by atoms with van der Waals surface area (Å²) in [4.78, 5) is 26.9.